The third-order valence-electron chi connectivity index (χ3n) is 3.17. The first-order valence-electron chi connectivity index (χ1n) is 5.79. The van der Waals surface area contributed by atoms with Crippen molar-refractivity contribution >= 4 is 11.9 Å². The van der Waals surface area contributed by atoms with Crippen LogP contribution < -0.4 is 0 Å². The standard InChI is InChI=1S/C12H16O4/c1-9-10(13)15-12(16-11(9)14)7-5-3-2-4-6-8-12/h1-8H2. The van der Waals surface area contributed by atoms with E-state index in [-0.39, 0.29) is 5.57 Å². The number of carbonyl (C=O) groups excluding carboxylic acids is 2. The van der Waals surface area contributed by atoms with Crippen molar-refractivity contribution in [2.24, 2.45) is 0 Å². The van der Waals surface area contributed by atoms with E-state index in [1.165, 1.54) is 6.42 Å². The summed E-state index contributed by atoms with van der Waals surface area (Å²) in [7, 11) is 0. The molecule has 0 bridgehead atoms. The van der Waals surface area contributed by atoms with Gasteiger partial charge in [0.25, 0.3) is 5.79 Å². The van der Waals surface area contributed by atoms with Crippen LogP contribution in [0, 0.1) is 0 Å². The van der Waals surface area contributed by atoms with Gasteiger partial charge in [-0.05, 0) is 12.8 Å². The Labute approximate surface area is 94.6 Å². The molecule has 2 aliphatic rings. The molecule has 0 N–H and O–H groups in total. The fraction of sp³-hybridized carbons (Fsp3) is 0.667. The van der Waals surface area contributed by atoms with Crippen LogP contribution in [0.25, 0.3) is 0 Å². The monoisotopic (exact) mass is 224 g/mol. The van der Waals surface area contributed by atoms with E-state index in [4.69, 9.17) is 9.47 Å². The molecule has 4 nitrogen and oxygen atoms in total. The van der Waals surface area contributed by atoms with Crippen molar-refractivity contribution in [3.8, 4) is 0 Å². The van der Waals surface area contributed by atoms with Gasteiger partial charge in [0.1, 0.15) is 5.57 Å². The molecule has 2 fully saturated rings. The lowest BCUT2D eigenvalue weighted by atomic mass is 9.94. The fourth-order valence-corrected chi connectivity index (χ4v) is 2.21. The van der Waals surface area contributed by atoms with Gasteiger partial charge in [-0.3, -0.25) is 0 Å². The fourth-order valence-electron chi connectivity index (χ4n) is 2.21. The smallest absolute Gasteiger partial charge is 0.348 e. The summed E-state index contributed by atoms with van der Waals surface area (Å²) in [4.78, 5) is 22.9. The van der Waals surface area contributed by atoms with E-state index < -0.39 is 17.7 Å². The predicted molar refractivity (Wildman–Crippen MR) is 56.4 cm³/mol. The van der Waals surface area contributed by atoms with Crippen molar-refractivity contribution in [1.82, 2.24) is 0 Å². The second kappa shape index (κ2) is 4.28. The Morgan fingerprint density at radius 2 is 1.31 bits per heavy atom. The Hall–Kier alpha value is -1.32. The topological polar surface area (TPSA) is 52.6 Å². The van der Waals surface area contributed by atoms with Gasteiger partial charge in [-0.1, -0.05) is 25.8 Å². The summed E-state index contributed by atoms with van der Waals surface area (Å²) in [6.45, 7) is 3.35. The van der Waals surface area contributed by atoms with E-state index in [0.717, 1.165) is 25.7 Å². The number of hydrogen-bond acceptors (Lipinski definition) is 4. The van der Waals surface area contributed by atoms with Crippen LogP contribution in [0.15, 0.2) is 12.2 Å². The highest BCUT2D eigenvalue weighted by atomic mass is 16.7. The first-order valence-corrected chi connectivity index (χ1v) is 5.79. The van der Waals surface area contributed by atoms with Crippen LogP contribution in [0.3, 0.4) is 0 Å². The molecule has 0 unspecified atom stereocenters. The molecule has 88 valence electrons. The number of esters is 2. The lowest BCUT2D eigenvalue weighted by Gasteiger charge is -2.37. The Morgan fingerprint density at radius 1 is 0.875 bits per heavy atom. The van der Waals surface area contributed by atoms with Gasteiger partial charge in [0, 0.05) is 12.8 Å². The van der Waals surface area contributed by atoms with E-state index in [1.807, 2.05) is 0 Å². The molecule has 1 saturated heterocycles. The van der Waals surface area contributed by atoms with Crippen LogP contribution >= 0.6 is 0 Å². The highest BCUT2D eigenvalue weighted by Crippen LogP contribution is 2.34. The van der Waals surface area contributed by atoms with Crippen LogP contribution in [0.4, 0.5) is 0 Å². The van der Waals surface area contributed by atoms with E-state index in [9.17, 15) is 9.59 Å². The van der Waals surface area contributed by atoms with E-state index in [1.54, 1.807) is 0 Å². The van der Waals surface area contributed by atoms with Crippen molar-refractivity contribution in [2.45, 2.75) is 50.7 Å². The second-order valence-electron chi connectivity index (χ2n) is 4.44. The van der Waals surface area contributed by atoms with Gasteiger partial charge >= 0.3 is 11.9 Å². The van der Waals surface area contributed by atoms with Gasteiger partial charge in [0.15, 0.2) is 0 Å². The first kappa shape index (κ1) is 11.2. The molecule has 1 spiro atoms. The SMILES string of the molecule is C=C1C(=O)OC2(CCCCCCC2)OC1=O. The van der Waals surface area contributed by atoms with Gasteiger partial charge in [0.2, 0.25) is 0 Å². The highest BCUT2D eigenvalue weighted by molar-refractivity contribution is 6.14. The van der Waals surface area contributed by atoms with Gasteiger partial charge in [-0.15, -0.1) is 0 Å². The molecule has 1 saturated carbocycles. The van der Waals surface area contributed by atoms with Crippen LogP contribution in [-0.4, -0.2) is 17.7 Å². The molecule has 0 amide bonds. The predicted octanol–water partition coefficient (Wildman–Crippen LogP) is 2.08. The number of ether oxygens (including phenoxy) is 2. The first-order chi connectivity index (χ1) is 7.63. The molecule has 16 heavy (non-hydrogen) atoms. The third kappa shape index (κ3) is 2.10. The van der Waals surface area contributed by atoms with Crippen molar-refractivity contribution in [2.75, 3.05) is 0 Å². The van der Waals surface area contributed by atoms with Gasteiger partial charge in [-0.2, -0.15) is 0 Å². The molecule has 4 heteroatoms. The zero-order valence-electron chi connectivity index (χ0n) is 9.29. The second-order valence-corrected chi connectivity index (χ2v) is 4.44. The molecule has 0 atom stereocenters. The third-order valence-corrected chi connectivity index (χ3v) is 3.17. The normalized spacial score (nSPS) is 25.6. The van der Waals surface area contributed by atoms with Crippen molar-refractivity contribution < 1.29 is 19.1 Å². The minimum absolute atomic E-state index is 0.201. The molecule has 0 aromatic rings. The summed E-state index contributed by atoms with van der Waals surface area (Å²) < 4.78 is 10.5. The highest BCUT2D eigenvalue weighted by Gasteiger charge is 2.44. The molecule has 0 aromatic carbocycles. The number of hydrogen-bond donors (Lipinski definition) is 0. The quantitative estimate of drug-likeness (QED) is 0.359. The van der Waals surface area contributed by atoms with Gasteiger partial charge in [0.05, 0.1) is 0 Å². The minimum Gasteiger partial charge on any atom is -0.419 e. The summed E-state index contributed by atoms with van der Waals surface area (Å²) in [5.41, 5.74) is -0.201. The number of rotatable bonds is 0. The molecule has 2 rings (SSSR count). The molecular weight excluding hydrogens is 208 g/mol. The average Bonchev–Trinajstić information content (AvgIpc) is 2.21. The number of carbonyl (C=O) groups is 2. The van der Waals surface area contributed by atoms with Gasteiger partial charge in [-0.25, -0.2) is 9.59 Å². The Morgan fingerprint density at radius 3 is 1.81 bits per heavy atom. The van der Waals surface area contributed by atoms with Crippen LogP contribution in [0.2, 0.25) is 0 Å². The lowest BCUT2D eigenvalue weighted by Crippen LogP contribution is -2.46. The Kier molecular flexibility index (Phi) is 2.99. The summed E-state index contributed by atoms with van der Waals surface area (Å²) in [5, 5.41) is 0. The molecule has 0 radical (unpaired) electrons. The summed E-state index contributed by atoms with van der Waals surface area (Å²) in [6.07, 6.45) is 6.45. The zero-order chi connectivity index (χ0) is 11.6. The molecule has 1 aliphatic heterocycles. The van der Waals surface area contributed by atoms with E-state index >= 15 is 0 Å². The minimum atomic E-state index is -1.00. The molecule has 0 aromatic heterocycles. The molecular formula is C12H16O4. The van der Waals surface area contributed by atoms with Crippen LogP contribution in [0.5, 0.6) is 0 Å². The van der Waals surface area contributed by atoms with E-state index in [0.29, 0.717) is 12.8 Å². The van der Waals surface area contributed by atoms with Crippen molar-refractivity contribution in [1.29, 1.82) is 0 Å². The van der Waals surface area contributed by atoms with Crippen LogP contribution in [-0.2, 0) is 19.1 Å². The van der Waals surface area contributed by atoms with Crippen LogP contribution in [0.1, 0.15) is 44.9 Å². The zero-order valence-corrected chi connectivity index (χ0v) is 9.29. The maximum absolute atomic E-state index is 11.5. The Bertz CT molecular complexity index is 302. The maximum Gasteiger partial charge on any atom is 0.348 e. The van der Waals surface area contributed by atoms with Crippen molar-refractivity contribution in [3.63, 3.8) is 0 Å². The van der Waals surface area contributed by atoms with E-state index in [2.05, 4.69) is 6.58 Å². The largest absolute Gasteiger partial charge is 0.419 e. The average molecular weight is 224 g/mol. The Balaban J connectivity index is 2.13. The van der Waals surface area contributed by atoms with Gasteiger partial charge < -0.3 is 9.47 Å². The molecule has 1 aliphatic carbocycles. The van der Waals surface area contributed by atoms with Crippen molar-refractivity contribution in [3.05, 3.63) is 12.2 Å². The summed E-state index contributed by atoms with van der Waals surface area (Å²) in [6, 6.07) is 0. The maximum atomic E-state index is 11.5. The molecule has 1 heterocycles. The lowest BCUT2D eigenvalue weighted by molar-refractivity contribution is -0.241. The summed E-state index contributed by atoms with van der Waals surface area (Å²) in [5.74, 6) is -2.26. The summed E-state index contributed by atoms with van der Waals surface area (Å²) >= 11 is 0.